The summed E-state index contributed by atoms with van der Waals surface area (Å²) in [5.74, 6) is 1.49. The molecule has 84 valence electrons. The van der Waals surface area contributed by atoms with Gasteiger partial charge in [0, 0.05) is 10.9 Å². The van der Waals surface area contributed by atoms with Crippen molar-refractivity contribution in [2.24, 2.45) is 17.6 Å². The minimum absolute atomic E-state index is 0.199. The Balaban J connectivity index is 2.03. The van der Waals surface area contributed by atoms with Crippen molar-refractivity contribution in [1.29, 1.82) is 0 Å². The standard InChI is InChI=1S/C12H18ClNS/c1-8-3-2-4-9(7-8)12(14)10-5-6-11(13)15-10/h5-6,8-9,12H,2-4,7,14H2,1H3. The zero-order valence-electron chi connectivity index (χ0n) is 9.08. The van der Waals surface area contributed by atoms with E-state index in [0.29, 0.717) is 5.92 Å². The van der Waals surface area contributed by atoms with Crippen LogP contribution >= 0.6 is 22.9 Å². The molecule has 1 aromatic rings. The fourth-order valence-corrected chi connectivity index (χ4v) is 3.70. The van der Waals surface area contributed by atoms with Crippen molar-refractivity contribution in [3.05, 3.63) is 21.3 Å². The minimum atomic E-state index is 0.199. The Kier molecular flexibility index (Phi) is 3.70. The van der Waals surface area contributed by atoms with Crippen LogP contribution in [0.5, 0.6) is 0 Å². The monoisotopic (exact) mass is 243 g/mol. The summed E-state index contributed by atoms with van der Waals surface area (Å²) >= 11 is 7.57. The van der Waals surface area contributed by atoms with Crippen LogP contribution in [0.3, 0.4) is 0 Å². The molecule has 2 rings (SSSR count). The average molecular weight is 244 g/mol. The van der Waals surface area contributed by atoms with E-state index >= 15 is 0 Å². The van der Waals surface area contributed by atoms with Gasteiger partial charge in [0.2, 0.25) is 0 Å². The maximum absolute atomic E-state index is 6.30. The highest BCUT2D eigenvalue weighted by Crippen LogP contribution is 2.38. The molecule has 15 heavy (non-hydrogen) atoms. The summed E-state index contributed by atoms with van der Waals surface area (Å²) in [5, 5.41) is 0. The van der Waals surface area contributed by atoms with Crippen molar-refractivity contribution < 1.29 is 0 Å². The molecule has 3 unspecified atom stereocenters. The summed E-state index contributed by atoms with van der Waals surface area (Å²) in [6, 6.07) is 4.23. The molecule has 0 radical (unpaired) electrons. The molecular formula is C12H18ClNS. The molecule has 0 bridgehead atoms. The molecule has 0 aliphatic heterocycles. The second-order valence-electron chi connectivity index (χ2n) is 4.70. The fraction of sp³-hybridized carbons (Fsp3) is 0.667. The quantitative estimate of drug-likeness (QED) is 0.827. The molecule has 1 fully saturated rings. The topological polar surface area (TPSA) is 26.0 Å². The van der Waals surface area contributed by atoms with Crippen LogP contribution in [0.1, 0.15) is 43.5 Å². The van der Waals surface area contributed by atoms with Crippen LogP contribution in [0.2, 0.25) is 4.34 Å². The van der Waals surface area contributed by atoms with Gasteiger partial charge in [0.25, 0.3) is 0 Å². The van der Waals surface area contributed by atoms with Crippen LogP contribution in [0.15, 0.2) is 12.1 Å². The fourth-order valence-electron chi connectivity index (χ4n) is 2.55. The molecule has 0 aromatic carbocycles. The van der Waals surface area contributed by atoms with Gasteiger partial charge in [-0.3, -0.25) is 0 Å². The summed E-state index contributed by atoms with van der Waals surface area (Å²) < 4.78 is 0.851. The van der Waals surface area contributed by atoms with E-state index in [9.17, 15) is 0 Å². The molecular weight excluding hydrogens is 226 g/mol. The van der Waals surface area contributed by atoms with Gasteiger partial charge in [-0.2, -0.15) is 0 Å². The van der Waals surface area contributed by atoms with Crippen LogP contribution in [-0.4, -0.2) is 0 Å². The van der Waals surface area contributed by atoms with Crippen LogP contribution < -0.4 is 5.73 Å². The molecule has 0 amide bonds. The number of thiophene rings is 1. The highest BCUT2D eigenvalue weighted by molar-refractivity contribution is 7.16. The number of nitrogens with two attached hydrogens (primary N) is 1. The van der Waals surface area contributed by atoms with Crippen LogP contribution in [-0.2, 0) is 0 Å². The summed E-state index contributed by atoms with van der Waals surface area (Å²) in [4.78, 5) is 1.25. The zero-order chi connectivity index (χ0) is 10.8. The predicted molar refractivity (Wildman–Crippen MR) is 67.4 cm³/mol. The molecule has 2 N–H and O–H groups in total. The zero-order valence-corrected chi connectivity index (χ0v) is 10.7. The van der Waals surface area contributed by atoms with E-state index in [1.165, 1.54) is 30.6 Å². The Morgan fingerprint density at radius 3 is 2.87 bits per heavy atom. The summed E-state index contributed by atoms with van der Waals surface area (Å²) in [6.45, 7) is 2.33. The van der Waals surface area contributed by atoms with Crippen molar-refractivity contribution in [2.45, 2.75) is 38.6 Å². The first-order valence-corrected chi connectivity index (χ1v) is 6.87. The van der Waals surface area contributed by atoms with Gasteiger partial charge in [-0.25, -0.2) is 0 Å². The average Bonchev–Trinajstić information content (AvgIpc) is 2.64. The van der Waals surface area contributed by atoms with E-state index in [4.69, 9.17) is 17.3 Å². The van der Waals surface area contributed by atoms with Gasteiger partial charge in [-0.1, -0.05) is 31.4 Å². The summed E-state index contributed by atoms with van der Waals surface area (Å²) in [5.41, 5.74) is 6.30. The third kappa shape index (κ3) is 2.74. The maximum atomic E-state index is 6.30. The van der Waals surface area contributed by atoms with E-state index in [1.54, 1.807) is 11.3 Å². The number of halogens is 1. The van der Waals surface area contributed by atoms with E-state index in [2.05, 4.69) is 13.0 Å². The molecule has 1 aliphatic rings. The van der Waals surface area contributed by atoms with E-state index in [-0.39, 0.29) is 6.04 Å². The summed E-state index contributed by atoms with van der Waals surface area (Å²) in [6.07, 6.45) is 5.25. The maximum Gasteiger partial charge on any atom is 0.0931 e. The highest BCUT2D eigenvalue weighted by Gasteiger charge is 2.25. The molecule has 0 saturated heterocycles. The van der Waals surface area contributed by atoms with Gasteiger partial charge < -0.3 is 5.73 Å². The third-order valence-corrected chi connectivity index (χ3v) is 4.74. The normalized spacial score (nSPS) is 29.0. The van der Waals surface area contributed by atoms with Crippen molar-refractivity contribution in [1.82, 2.24) is 0 Å². The Bertz CT molecular complexity index is 323. The van der Waals surface area contributed by atoms with E-state index < -0.39 is 0 Å². The van der Waals surface area contributed by atoms with Gasteiger partial charge >= 0.3 is 0 Å². The van der Waals surface area contributed by atoms with Gasteiger partial charge in [0.1, 0.15) is 0 Å². The predicted octanol–water partition coefficient (Wildman–Crippen LogP) is 4.23. The molecule has 1 nitrogen and oxygen atoms in total. The molecule has 3 atom stereocenters. The Morgan fingerprint density at radius 2 is 2.27 bits per heavy atom. The number of hydrogen-bond acceptors (Lipinski definition) is 2. The smallest absolute Gasteiger partial charge is 0.0931 e. The lowest BCUT2D eigenvalue weighted by atomic mass is 9.78. The van der Waals surface area contributed by atoms with Crippen molar-refractivity contribution in [3.8, 4) is 0 Å². The first kappa shape index (κ1) is 11.4. The largest absolute Gasteiger partial charge is 0.323 e. The van der Waals surface area contributed by atoms with Crippen molar-refractivity contribution >= 4 is 22.9 Å². The molecule has 1 heterocycles. The van der Waals surface area contributed by atoms with Crippen LogP contribution in [0.25, 0.3) is 0 Å². The lowest BCUT2D eigenvalue weighted by Gasteiger charge is -2.30. The lowest BCUT2D eigenvalue weighted by Crippen LogP contribution is -2.25. The second-order valence-corrected chi connectivity index (χ2v) is 6.45. The van der Waals surface area contributed by atoms with Gasteiger partial charge in [-0.05, 0) is 36.8 Å². The first-order valence-electron chi connectivity index (χ1n) is 5.67. The Labute approximate surface area is 101 Å². The number of rotatable bonds is 2. The Morgan fingerprint density at radius 1 is 1.47 bits per heavy atom. The van der Waals surface area contributed by atoms with Crippen molar-refractivity contribution in [2.75, 3.05) is 0 Å². The van der Waals surface area contributed by atoms with E-state index in [1.807, 2.05) is 6.07 Å². The highest BCUT2D eigenvalue weighted by atomic mass is 35.5. The Hall–Kier alpha value is -0.0500. The van der Waals surface area contributed by atoms with Gasteiger partial charge in [0.05, 0.1) is 4.34 Å². The third-order valence-electron chi connectivity index (χ3n) is 3.41. The first-order chi connectivity index (χ1) is 7.16. The molecule has 1 saturated carbocycles. The van der Waals surface area contributed by atoms with Crippen LogP contribution in [0, 0.1) is 11.8 Å². The van der Waals surface area contributed by atoms with Gasteiger partial charge in [-0.15, -0.1) is 11.3 Å². The molecule has 0 spiro atoms. The number of hydrogen-bond donors (Lipinski definition) is 1. The molecule has 1 aromatic heterocycles. The van der Waals surface area contributed by atoms with Gasteiger partial charge in [0.15, 0.2) is 0 Å². The SMILES string of the molecule is CC1CCCC(C(N)c2ccc(Cl)s2)C1. The second kappa shape index (κ2) is 4.86. The van der Waals surface area contributed by atoms with Crippen molar-refractivity contribution in [3.63, 3.8) is 0 Å². The molecule has 3 heteroatoms. The lowest BCUT2D eigenvalue weighted by molar-refractivity contribution is 0.249. The molecule has 1 aliphatic carbocycles. The van der Waals surface area contributed by atoms with E-state index in [0.717, 1.165) is 10.3 Å². The van der Waals surface area contributed by atoms with Crippen LogP contribution in [0.4, 0.5) is 0 Å². The summed E-state index contributed by atoms with van der Waals surface area (Å²) in [7, 11) is 0. The minimum Gasteiger partial charge on any atom is -0.323 e.